The van der Waals surface area contributed by atoms with Crippen molar-refractivity contribution in [2.75, 3.05) is 24.3 Å². The average Bonchev–Trinajstić information content (AvgIpc) is 2.35. The Morgan fingerprint density at radius 2 is 2.00 bits per heavy atom. The van der Waals surface area contributed by atoms with Crippen LogP contribution in [0.3, 0.4) is 0 Å². The van der Waals surface area contributed by atoms with E-state index in [0.717, 1.165) is 0 Å². The molecule has 1 aromatic carbocycles. The molecule has 0 heterocycles. The molecule has 0 spiro atoms. The second kappa shape index (κ2) is 5.65. The Morgan fingerprint density at radius 3 is 2.44 bits per heavy atom. The van der Waals surface area contributed by atoms with E-state index in [4.69, 9.17) is 5.73 Å². The molecule has 0 saturated heterocycles. The molecule has 0 fully saturated rings. The van der Waals surface area contributed by atoms with Crippen molar-refractivity contribution in [3.8, 4) is 0 Å². The second-order valence-electron chi connectivity index (χ2n) is 4.15. The van der Waals surface area contributed by atoms with E-state index in [1.54, 1.807) is 6.92 Å². The van der Waals surface area contributed by atoms with E-state index in [-0.39, 0.29) is 24.6 Å². The fraction of sp³-hybridized carbons (Fsp3) is 0.455. The predicted molar refractivity (Wildman–Crippen MR) is 68.3 cm³/mol. The number of anilines is 2. The van der Waals surface area contributed by atoms with Crippen molar-refractivity contribution in [2.24, 2.45) is 0 Å². The molecular weight excluding hydrogens is 238 g/mol. The Hall–Kier alpha value is -1.86. The van der Waals surface area contributed by atoms with E-state index in [9.17, 15) is 20.3 Å². The van der Waals surface area contributed by atoms with E-state index >= 15 is 0 Å². The van der Waals surface area contributed by atoms with E-state index < -0.39 is 10.5 Å². The highest BCUT2D eigenvalue weighted by molar-refractivity contribution is 5.62. The third-order valence-electron chi connectivity index (χ3n) is 2.84. The van der Waals surface area contributed by atoms with Crippen LogP contribution in [-0.2, 0) is 0 Å². The number of non-ortho nitro benzene ring substituents is 1. The van der Waals surface area contributed by atoms with Crippen molar-refractivity contribution in [3.63, 3.8) is 0 Å². The van der Waals surface area contributed by atoms with Gasteiger partial charge in [0.25, 0.3) is 5.69 Å². The van der Waals surface area contributed by atoms with Gasteiger partial charge in [-0.3, -0.25) is 10.1 Å². The number of nitro benzene ring substituents is 1. The van der Waals surface area contributed by atoms with Gasteiger partial charge in [0.1, 0.15) is 0 Å². The second-order valence-corrected chi connectivity index (χ2v) is 4.15. The Morgan fingerprint density at radius 1 is 1.39 bits per heavy atom. The minimum atomic E-state index is -0.915. The number of aliphatic hydroxyl groups excluding tert-OH is 2. The lowest BCUT2D eigenvalue weighted by atomic mass is 9.98. The molecule has 0 aliphatic heterocycles. The number of rotatable bonds is 6. The Labute approximate surface area is 104 Å². The predicted octanol–water partition coefficient (Wildman–Crippen LogP) is 0.722. The lowest BCUT2D eigenvalue weighted by Crippen LogP contribution is -2.45. The van der Waals surface area contributed by atoms with Gasteiger partial charge in [-0.1, -0.05) is 6.92 Å². The SMILES string of the molecule is CCC(CO)(CO)Nc1cc(N)cc([N+](=O)[O-])c1. The maximum absolute atomic E-state index is 10.7. The molecule has 7 heteroatoms. The van der Waals surface area contributed by atoms with Crippen molar-refractivity contribution in [1.82, 2.24) is 0 Å². The Bertz CT molecular complexity index is 424. The lowest BCUT2D eigenvalue weighted by molar-refractivity contribution is -0.384. The zero-order chi connectivity index (χ0) is 13.8. The fourth-order valence-corrected chi connectivity index (χ4v) is 1.56. The van der Waals surface area contributed by atoms with Gasteiger partial charge in [-0.25, -0.2) is 0 Å². The summed E-state index contributed by atoms with van der Waals surface area (Å²) in [7, 11) is 0. The van der Waals surface area contributed by atoms with Crippen LogP contribution < -0.4 is 11.1 Å². The maximum atomic E-state index is 10.7. The van der Waals surface area contributed by atoms with Gasteiger partial charge >= 0.3 is 0 Å². The molecular formula is C11H17N3O4. The normalized spacial score (nSPS) is 11.3. The summed E-state index contributed by atoms with van der Waals surface area (Å²) in [4.78, 5) is 10.2. The number of hydrogen-bond acceptors (Lipinski definition) is 6. The number of nitrogens with two attached hydrogens (primary N) is 1. The molecule has 5 N–H and O–H groups in total. The van der Waals surface area contributed by atoms with Crippen LogP contribution in [0.1, 0.15) is 13.3 Å². The summed E-state index contributed by atoms with van der Waals surface area (Å²) >= 11 is 0. The van der Waals surface area contributed by atoms with E-state index in [1.807, 2.05) is 0 Å². The molecule has 0 bridgehead atoms. The molecule has 0 aliphatic rings. The summed E-state index contributed by atoms with van der Waals surface area (Å²) < 4.78 is 0. The molecule has 0 aromatic heterocycles. The van der Waals surface area contributed by atoms with Crippen LogP contribution in [0.5, 0.6) is 0 Å². The average molecular weight is 255 g/mol. The minimum absolute atomic E-state index is 0.140. The van der Waals surface area contributed by atoms with Crippen LogP contribution in [0.25, 0.3) is 0 Å². The summed E-state index contributed by atoms with van der Waals surface area (Å²) in [5, 5.41) is 32.2. The summed E-state index contributed by atoms with van der Waals surface area (Å²) in [5.74, 6) is 0. The van der Waals surface area contributed by atoms with Crippen LogP contribution in [-0.4, -0.2) is 33.9 Å². The van der Waals surface area contributed by atoms with Crippen LogP contribution in [0.15, 0.2) is 18.2 Å². The number of nitrogens with one attached hydrogen (secondary N) is 1. The number of benzene rings is 1. The van der Waals surface area contributed by atoms with Crippen LogP contribution in [0, 0.1) is 10.1 Å². The number of aliphatic hydroxyl groups is 2. The third-order valence-corrected chi connectivity index (χ3v) is 2.84. The van der Waals surface area contributed by atoms with Crippen molar-refractivity contribution in [1.29, 1.82) is 0 Å². The number of hydrogen-bond donors (Lipinski definition) is 4. The molecule has 0 radical (unpaired) electrons. The van der Waals surface area contributed by atoms with Crippen molar-refractivity contribution in [3.05, 3.63) is 28.3 Å². The van der Waals surface area contributed by atoms with E-state index in [0.29, 0.717) is 12.1 Å². The van der Waals surface area contributed by atoms with Crippen LogP contribution >= 0.6 is 0 Å². The first kappa shape index (κ1) is 14.2. The monoisotopic (exact) mass is 255 g/mol. The number of nitrogen functional groups attached to an aromatic ring is 1. The highest BCUT2D eigenvalue weighted by atomic mass is 16.6. The van der Waals surface area contributed by atoms with Gasteiger partial charge in [0.05, 0.1) is 23.7 Å². The molecule has 18 heavy (non-hydrogen) atoms. The Balaban J connectivity index is 3.06. The quantitative estimate of drug-likeness (QED) is 0.337. The summed E-state index contributed by atoms with van der Waals surface area (Å²) in [6.07, 6.45) is 0.461. The fourth-order valence-electron chi connectivity index (χ4n) is 1.56. The highest BCUT2D eigenvalue weighted by Gasteiger charge is 2.26. The Kier molecular flexibility index (Phi) is 4.46. The maximum Gasteiger partial charge on any atom is 0.273 e. The van der Waals surface area contributed by atoms with Crippen LogP contribution in [0.2, 0.25) is 0 Å². The minimum Gasteiger partial charge on any atom is -0.398 e. The zero-order valence-electron chi connectivity index (χ0n) is 10.1. The molecule has 1 aromatic rings. The largest absolute Gasteiger partial charge is 0.398 e. The number of nitrogens with zero attached hydrogens (tertiary/aromatic N) is 1. The molecule has 100 valence electrons. The van der Waals surface area contributed by atoms with Crippen molar-refractivity contribution in [2.45, 2.75) is 18.9 Å². The summed E-state index contributed by atoms with van der Waals surface area (Å²) in [5.41, 5.74) is 5.15. The van der Waals surface area contributed by atoms with Gasteiger partial charge in [0.15, 0.2) is 0 Å². The lowest BCUT2D eigenvalue weighted by Gasteiger charge is -2.30. The topological polar surface area (TPSA) is 122 Å². The first-order valence-electron chi connectivity index (χ1n) is 5.51. The molecule has 0 amide bonds. The first-order chi connectivity index (χ1) is 8.46. The van der Waals surface area contributed by atoms with E-state index in [2.05, 4.69) is 5.32 Å². The molecule has 0 aliphatic carbocycles. The standard InChI is InChI=1S/C11H17N3O4/c1-2-11(6-15,7-16)13-9-3-8(12)4-10(5-9)14(17)18/h3-5,13,15-16H,2,6-7,12H2,1H3. The van der Waals surface area contributed by atoms with Gasteiger partial charge in [0.2, 0.25) is 0 Å². The van der Waals surface area contributed by atoms with Crippen LogP contribution in [0.4, 0.5) is 17.1 Å². The molecule has 1 rings (SSSR count). The molecule has 7 nitrogen and oxygen atoms in total. The summed E-state index contributed by atoms with van der Waals surface area (Å²) in [6.45, 7) is 1.21. The zero-order valence-corrected chi connectivity index (χ0v) is 10.1. The van der Waals surface area contributed by atoms with Crippen molar-refractivity contribution >= 4 is 17.1 Å². The van der Waals surface area contributed by atoms with Gasteiger partial charge in [-0.05, 0) is 12.5 Å². The summed E-state index contributed by atoms with van der Waals surface area (Å²) in [6, 6.07) is 4.07. The van der Waals surface area contributed by atoms with Gasteiger partial charge in [-0.2, -0.15) is 0 Å². The molecule has 0 unspecified atom stereocenters. The van der Waals surface area contributed by atoms with Gasteiger partial charge in [-0.15, -0.1) is 0 Å². The first-order valence-corrected chi connectivity index (χ1v) is 5.51. The third kappa shape index (κ3) is 3.08. The highest BCUT2D eigenvalue weighted by Crippen LogP contribution is 2.25. The molecule has 0 atom stereocenters. The van der Waals surface area contributed by atoms with Crippen molar-refractivity contribution < 1.29 is 15.1 Å². The van der Waals surface area contributed by atoms with E-state index in [1.165, 1.54) is 18.2 Å². The van der Waals surface area contributed by atoms with Gasteiger partial charge < -0.3 is 21.3 Å². The smallest absolute Gasteiger partial charge is 0.273 e. The molecule has 0 saturated carbocycles. The van der Waals surface area contributed by atoms with Gasteiger partial charge in [0, 0.05) is 23.5 Å². The number of nitro groups is 1.